The van der Waals surface area contributed by atoms with Crippen LogP contribution in [0.15, 0.2) is 30.6 Å². The Morgan fingerprint density at radius 1 is 1.11 bits per heavy atom. The van der Waals surface area contributed by atoms with Gasteiger partial charge in [-0.15, -0.1) is 10.2 Å². The number of carbonyl (C=O) groups is 1. The maximum atomic E-state index is 12.5. The Labute approximate surface area is 159 Å². The molecule has 1 saturated heterocycles. The fraction of sp³-hybridized carbons (Fsp3) is 0.550. The van der Waals surface area contributed by atoms with Gasteiger partial charge in [0, 0.05) is 30.4 Å². The Morgan fingerprint density at radius 2 is 1.85 bits per heavy atom. The second-order valence-corrected chi connectivity index (χ2v) is 7.28. The fourth-order valence-corrected chi connectivity index (χ4v) is 3.96. The van der Waals surface area contributed by atoms with E-state index in [0.29, 0.717) is 18.2 Å². The molecule has 144 valence electrons. The van der Waals surface area contributed by atoms with E-state index in [2.05, 4.69) is 25.0 Å². The number of anilines is 1. The van der Waals surface area contributed by atoms with Crippen molar-refractivity contribution in [3.05, 3.63) is 42.0 Å². The monoisotopic (exact) mass is 369 g/mol. The van der Waals surface area contributed by atoms with E-state index in [0.717, 1.165) is 37.8 Å². The zero-order valence-corrected chi connectivity index (χ0v) is 15.6. The van der Waals surface area contributed by atoms with Gasteiger partial charge in [0.2, 0.25) is 0 Å². The third-order valence-corrected chi connectivity index (χ3v) is 5.53. The summed E-state index contributed by atoms with van der Waals surface area (Å²) in [5.41, 5.74) is 1.79. The highest BCUT2D eigenvalue weighted by Gasteiger charge is 2.19. The summed E-state index contributed by atoms with van der Waals surface area (Å²) in [5, 5.41) is 11.3. The van der Waals surface area contributed by atoms with E-state index in [4.69, 9.17) is 4.74 Å². The Bertz CT molecular complexity index is 746. The Balaban J connectivity index is 1.35. The van der Waals surface area contributed by atoms with Gasteiger partial charge in [-0.2, -0.15) is 0 Å². The van der Waals surface area contributed by atoms with E-state index in [-0.39, 0.29) is 5.91 Å². The molecule has 0 bridgehead atoms. The van der Waals surface area contributed by atoms with Gasteiger partial charge in [-0.05, 0) is 37.1 Å². The van der Waals surface area contributed by atoms with Crippen molar-refractivity contribution in [2.45, 2.75) is 44.7 Å². The number of ether oxygens (including phenoxy) is 1. The maximum absolute atomic E-state index is 12.5. The summed E-state index contributed by atoms with van der Waals surface area (Å²) in [7, 11) is 0. The van der Waals surface area contributed by atoms with Gasteiger partial charge in [0.15, 0.2) is 5.82 Å². The molecule has 2 aliphatic rings. The molecule has 0 atom stereocenters. The van der Waals surface area contributed by atoms with Gasteiger partial charge in [-0.25, -0.2) is 0 Å². The van der Waals surface area contributed by atoms with Crippen molar-refractivity contribution in [2.24, 2.45) is 0 Å². The average molecular weight is 369 g/mol. The first-order valence-electron chi connectivity index (χ1n) is 9.90. The molecule has 7 nitrogen and oxygen atoms in total. The molecule has 4 rings (SSSR count). The van der Waals surface area contributed by atoms with Gasteiger partial charge in [-0.3, -0.25) is 4.79 Å². The summed E-state index contributed by atoms with van der Waals surface area (Å²) in [4.78, 5) is 14.8. The molecule has 27 heavy (non-hydrogen) atoms. The van der Waals surface area contributed by atoms with E-state index in [1.54, 1.807) is 6.33 Å². The van der Waals surface area contributed by atoms with Crippen molar-refractivity contribution >= 4 is 11.6 Å². The van der Waals surface area contributed by atoms with Gasteiger partial charge in [0.1, 0.15) is 6.33 Å². The Hall–Kier alpha value is -2.41. The average Bonchev–Trinajstić information content (AvgIpc) is 3.22. The number of rotatable bonds is 5. The van der Waals surface area contributed by atoms with Crippen molar-refractivity contribution in [2.75, 3.05) is 31.2 Å². The number of nitrogens with one attached hydrogen (secondary N) is 1. The lowest BCUT2D eigenvalue weighted by molar-refractivity contribution is 0.0949. The summed E-state index contributed by atoms with van der Waals surface area (Å²) < 4.78 is 7.52. The number of hydrogen-bond acceptors (Lipinski definition) is 5. The molecule has 1 aromatic carbocycles. The lowest BCUT2D eigenvalue weighted by Gasteiger charge is -2.28. The van der Waals surface area contributed by atoms with Gasteiger partial charge >= 0.3 is 0 Å². The topological polar surface area (TPSA) is 72.3 Å². The summed E-state index contributed by atoms with van der Waals surface area (Å²) in [6.07, 6.45) is 7.96. The Kier molecular flexibility index (Phi) is 5.67. The van der Waals surface area contributed by atoms with Crippen LogP contribution in [0.3, 0.4) is 0 Å². The predicted molar refractivity (Wildman–Crippen MR) is 103 cm³/mol. The number of nitrogens with zero attached hydrogens (tertiary/aromatic N) is 4. The van der Waals surface area contributed by atoms with Gasteiger partial charge < -0.3 is 19.5 Å². The highest BCUT2D eigenvalue weighted by atomic mass is 16.5. The molecule has 2 heterocycles. The normalized spacial score (nSPS) is 18.4. The van der Waals surface area contributed by atoms with Crippen molar-refractivity contribution in [3.8, 4) is 0 Å². The molecule has 2 aromatic rings. The van der Waals surface area contributed by atoms with Gasteiger partial charge in [0.25, 0.3) is 5.91 Å². The van der Waals surface area contributed by atoms with Crippen LogP contribution in [0.25, 0.3) is 0 Å². The minimum Gasteiger partial charge on any atom is -0.378 e. The van der Waals surface area contributed by atoms with Gasteiger partial charge in [0.05, 0.1) is 19.8 Å². The van der Waals surface area contributed by atoms with Crippen LogP contribution in [-0.4, -0.2) is 47.0 Å². The second-order valence-electron chi connectivity index (χ2n) is 7.28. The molecule has 1 amide bonds. The van der Waals surface area contributed by atoms with E-state index in [1.807, 2.05) is 24.3 Å². The molecule has 2 fully saturated rings. The van der Waals surface area contributed by atoms with Crippen molar-refractivity contribution in [1.82, 2.24) is 20.1 Å². The van der Waals surface area contributed by atoms with Crippen molar-refractivity contribution < 1.29 is 9.53 Å². The van der Waals surface area contributed by atoms with Crippen LogP contribution in [-0.2, 0) is 11.3 Å². The zero-order valence-electron chi connectivity index (χ0n) is 15.6. The van der Waals surface area contributed by atoms with E-state index < -0.39 is 0 Å². The van der Waals surface area contributed by atoms with Crippen LogP contribution in [0.2, 0.25) is 0 Å². The van der Waals surface area contributed by atoms with Crippen LogP contribution in [0, 0.1) is 0 Å². The van der Waals surface area contributed by atoms with Crippen molar-refractivity contribution in [3.63, 3.8) is 0 Å². The molecular formula is C20H27N5O2. The van der Waals surface area contributed by atoms with Crippen LogP contribution in [0.4, 0.5) is 5.69 Å². The second kappa shape index (κ2) is 8.52. The first-order chi connectivity index (χ1) is 13.3. The predicted octanol–water partition coefficient (Wildman–Crippen LogP) is 2.55. The molecule has 1 saturated carbocycles. The minimum absolute atomic E-state index is 0.0817. The highest BCUT2D eigenvalue weighted by Crippen LogP contribution is 2.28. The zero-order chi connectivity index (χ0) is 18.5. The molecular weight excluding hydrogens is 342 g/mol. The number of aromatic nitrogens is 3. The number of benzene rings is 1. The summed E-state index contributed by atoms with van der Waals surface area (Å²) >= 11 is 0. The van der Waals surface area contributed by atoms with Crippen LogP contribution >= 0.6 is 0 Å². The quantitative estimate of drug-likeness (QED) is 0.877. The largest absolute Gasteiger partial charge is 0.378 e. The van der Waals surface area contributed by atoms with Crippen LogP contribution in [0.1, 0.15) is 54.3 Å². The number of carbonyl (C=O) groups excluding carboxylic acids is 1. The minimum atomic E-state index is -0.0817. The van der Waals surface area contributed by atoms with Crippen molar-refractivity contribution in [1.29, 1.82) is 0 Å². The van der Waals surface area contributed by atoms with E-state index in [1.165, 1.54) is 32.1 Å². The van der Waals surface area contributed by atoms with Crippen LogP contribution < -0.4 is 10.2 Å². The highest BCUT2D eigenvalue weighted by molar-refractivity contribution is 5.94. The first-order valence-corrected chi connectivity index (χ1v) is 9.90. The molecule has 7 heteroatoms. The SMILES string of the molecule is O=C(NCc1nncn1C1CCCCC1)c1ccc(N2CCOCC2)cc1. The standard InChI is InChI=1S/C20H27N5O2/c26-20(16-6-8-17(9-7-16)24-10-12-27-13-11-24)21-14-19-23-22-15-25(19)18-4-2-1-3-5-18/h6-9,15,18H,1-5,10-14H2,(H,21,26). The molecule has 1 aliphatic heterocycles. The lowest BCUT2D eigenvalue weighted by atomic mass is 9.95. The lowest BCUT2D eigenvalue weighted by Crippen LogP contribution is -2.36. The van der Waals surface area contributed by atoms with E-state index >= 15 is 0 Å². The third kappa shape index (κ3) is 4.30. The maximum Gasteiger partial charge on any atom is 0.251 e. The number of morpholine rings is 1. The molecule has 1 aliphatic carbocycles. The van der Waals surface area contributed by atoms with E-state index in [9.17, 15) is 4.79 Å². The molecule has 0 radical (unpaired) electrons. The van der Waals surface area contributed by atoms with Crippen LogP contribution in [0.5, 0.6) is 0 Å². The summed E-state index contributed by atoms with van der Waals surface area (Å²) in [5.74, 6) is 0.752. The molecule has 1 N–H and O–H groups in total. The van der Waals surface area contributed by atoms with Gasteiger partial charge in [-0.1, -0.05) is 19.3 Å². The number of amides is 1. The molecule has 0 unspecified atom stereocenters. The third-order valence-electron chi connectivity index (χ3n) is 5.53. The molecule has 1 aromatic heterocycles. The fourth-order valence-electron chi connectivity index (χ4n) is 3.96. The smallest absolute Gasteiger partial charge is 0.251 e. The summed E-state index contributed by atoms with van der Waals surface area (Å²) in [6, 6.07) is 8.24. The first kappa shape index (κ1) is 18.0. The Morgan fingerprint density at radius 3 is 2.59 bits per heavy atom. The summed E-state index contributed by atoms with van der Waals surface area (Å²) in [6.45, 7) is 3.69. The number of hydrogen-bond donors (Lipinski definition) is 1. The molecule has 0 spiro atoms.